The molecule has 0 spiro atoms. The minimum Gasteiger partial charge on any atom is -0.374 e. The number of halogens is 2. The molecule has 2 N–H and O–H groups in total. The zero-order valence-corrected chi connectivity index (χ0v) is 22.0. The van der Waals surface area contributed by atoms with E-state index in [1.165, 1.54) is 24.5 Å². The van der Waals surface area contributed by atoms with E-state index in [0.717, 1.165) is 19.6 Å². The van der Waals surface area contributed by atoms with Crippen LogP contribution in [0.3, 0.4) is 0 Å². The maximum absolute atomic E-state index is 13.7. The number of hydrogen-bond acceptors (Lipinski definition) is 5. The summed E-state index contributed by atoms with van der Waals surface area (Å²) in [7, 11) is -3.22. The number of hydrogen-bond donors (Lipinski definition) is 2. The quantitative estimate of drug-likeness (QED) is 0.270. The van der Waals surface area contributed by atoms with Crippen LogP contribution in [0.2, 0.25) is 0 Å². The molecule has 1 aliphatic heterocycles. The zero-order valence-electron chi connectivity index (χ0n) is 18.9. The molecule has 1 aliphatic rings. The lowest BCUT2D eigenvalue weighted by Crippen LogP contribution is -2.50. The average molecular weight is 571 g/mol. The van der Waals surface area contributed by atoms with Crippen molar-refractivity contribution in [2.24, 2.45) is 10.9 Å². The Balaban J connectivity index is 0.00000480. The Morgan fingerprint density at radius 3 is 2.71 bits per heavy atom. The second-order valence-electron chi connectivity index (χ2n) is 8.21. The minimum absolute atomic E-state index is 0. The van der Waals surface area contributed by atoms with Crippen LogP contribution in [0.25, 0.3) is 0 Å². The molecule has 31 heavy (non-hydrogen) atoms. The fraction of sp³-hybridized carbons (Fsp3) is 0.667. The zero-order chi connectivity index (χ0) is 22.1. The summed E-state index contributed by atoms with van der Waals surface area (Å²) in [5.41, 5.74) is 1.13. The summed E-state index contributed by atoms with van der Waals surface area (Å²) in [6, 6.07) is 4.14. The molecule has 7 nitrogen and oxygen atoms in total. The van der Waals surface area contributed by atoms with Gasteiger partial charge in [-0.05, 0) is 36.1 Å². The topological polar surface area (TPSA) is 83.0 Å². The summed E-state index contributed by atoms with van der Waals surface area (Å²) in [6.07, 6.45) is 1.23. The second kappa shape index (κ2) is 13.5. The van der Waals surface area contributed by atoms with Gasteiger partial charge in [0, 0.05) is 39.0 Å². The van der Waals surface area contributed by atoms with Crippen molar-refractivity contribution in [1.29, 1.82) is 0 Å². The van der Waals surface area contributed by atoms with E-state index in [2.05, 4.69) is 34.4 Å². The number of benzene rings is 1. The fourth-order valence-corrected chi connectivity index (χ4v) is 4.31. The summed E-state index contributed by atoms with van der Waals surface area (Å²) in [5.74, 6) is 0.667. The van der Waals surface area contributed by atoms with Gasteiger partial charge in [0.05, 0.1) is 25.0 Å². The van der Waals surface area contributed by atoms with E-state index in [1.807, 2.05) is 6.92 Å². The van der Waals surface area contributed by atoms with Gasteiger partial charge in [-0.3, -0.25) is 4.90 Å². The van der Waals surface area contributed by atoms with Gasteiger partial charge in [0.2, 0.25) is 0 Å². The van der Waals surface area contributed by atoms with Crippen molar-refractivity contribution in [3.05, 3.63) is 35.1 Å². The van der Waals surface area contributed by atoms with Crippen LogP contribution in [0.4, 0.5) is 4.39 Å². The molecule has 178 valence electrons. The van der Waals surface area contributed by atoms with Gasteiger partial charge in [0.15, 0.2) is 15.8 Å². The van der Waals surface area contributed by atoms with Crippen molar-refractivity contribution in [2.75, 3.05) is 45.6 Å². The lowest BCUT2D eigenvalue weighted by molar-refractivity contribution is -0.0284. The Bertz CT molecular complexity index is 821. The molecule has 0 aliphatic carbocycles. The van der Waals surface area contributed by atoms with E-state index < -0.39 is 15.7 Å². The first-order chi connectivity index (χ1) is 14.2. The van der Waals surface area contributed by atoms with E-state index in [-0.39, 0.29) is 42.4 Å². The molecule has 1 atom stereocenters. The van der Waals surface area contributed by atoms with Gasteiger partial charge < -0.3 is 15.4 Å². The highest BCUT2D eigenvalue weighted by Gasteiger charge is 2.21. The number of rotatable bonds is 9. The molecule has 2 rings (SSSR count). The van der Waals surface area contributed by atoms with Gasteiger partial charge in [0.1, 0.15) is 5.82 Å². The molecule has 1 heterocycles. The van der Waals surface area contributed by atoms with Crippen LogP contribution in [0.15, 0.2) is 23.2 Å². The molecule has 0 bridgehead atoms. The maximum atomic E-state index is 13.7. The SMILES string of the molecule is CCNC(=NCc1cc(F)ccc1CS(C)(=O)=O)NCC1CN(CC(C)C)CCO1.I. The standard InChI is InChI=1S/C21H35FN4O3S.HI/c1-5-23-21(25-12-20-14-26(8-9-29-20)13-16(2)3)24-11-18-10-19(22)7-6-17(18)15-30(4,27)28;/h6-7,10,16,20H,5,8-9,11-15H2,1-4H3,(H2,23,24,25);1H. The second-order valence-corrected chi connectivity index (χ2v) is 10.3. The largest absolute Gasteiger partial charge is 0.374 e. The molecule has 0 saturated carbocycles. The smallest absolute Gasteiger partial charge is 0.191 e. The van der Waals surface area contributed by atoms with Gasteiger partial charge in [0.25, 0.3) is 0 Å². The number of aliphatic imine (C=N–C) groups is 1. The van der Waals surface area contributed by atoms with Crippen LogP contribution in [-0.4, -0.2) is 71.0 Å². The summed E-state index contributed by atoms with van der Waals surface area (Å²) in [5, 5.41) is 6.47. The molecule has 1 saturated heterocycles. The van der Waals surface area contributed by atoms with E-state index in [0.29, 0.717) is 42.7 Å². The number of nitrogens with zero attached hydrogens (tertiary/aromatic N) is 2. The molecule has 1 aromatic rings. The molecule has 0 amide bonds. The normalized spacial score (nSPS) is 18.0. The number of nitrogens with one attached hydrogen (secondary N) is 2. The Labute approximate surface area is 203 Å². The molecule has 10 heteroatoms. The van der Waals surface area contributed by atoms with Crippen LogP contribution < -0.4 is 10.6 Å². The Morgan fingerprint density at radius 2 is 2.06 bits per heavy atom. The van der Waals surface area contributed by atoms with Gasteiger partial charge in [-0.25, -0.2) is 17.8 Å². The first-order valence-corrected chi connectivity index (χ1v) is 12.5. The van der Waals surface area contributed by atoms with Crippen molar-refractivity contribution in [2.45, 2.75) is 39.2 Å². The molecule has 0 radical (unpaired) electrons. The van der Waals surface area contributed by atoms with Crippen LogP contribution in [0.1, 0.15) is 31.9 Å². The third kappa shape index (κ3) is 10.9. The highest BCUT2D eigenvalue weighted by molar-refractivity contribution is 14.0. The molecular formula is C21H36FIN4O3S. The monoisotopic (exact) mass is 570 g/mol. The summed E-state index contributed by atoms with van der Waals surface area (Å²) >= 11 is 0. The molecular weight excluding hydrogens is 534 g/mol. The summed E-state index contributed by atoms with van der Waals surface area (Å²) < 4.78 is 42.9. The molecule has 1 fully saturated rings. The van der Waals surface area contributed by atoms with Crippen LogP contribution in [0, 0.1) is 11.7 Å². The number of ether oxygens (including phenoxy) is 1. The number of sulfone groups is 1. The lowest BCUT2D eigenvalue weighted by atomic mass is 10.1. The molecule has 1 aromatic carbocycles. The third-order valence-electron chi connectivity index (χ3n) is 4.68. The van der Waals surface area contributed by atoms with E-state index in [9.17, 15) is 12.8 Å². The lowest BCUT2D eigenvalue weighted by Gasteiger charge is -2.34. The van der Waals surface area contributed by atoms with Crippen molar-refractivity contribution in [1.82, 2.24) is 15.5 Å². The fourth-order valence-electron chi connectivity index (χ4n) is 3.47. The van der Waals surface area contributed by atoms with E-state index >= 15 is 0 Å². The summed E-state index contributed by atoms with van der Waals surface area (Å²) in [6.45, 7) is 11.4. The van der Waals surface area contributed by atoms with Crippen LogP contribution in [0.5, 0.6) is 0 Å². The van der Waals surface area contributed by atoms with E-state index in [1.54, 1.807) is 0 Å². The highest BCUT2D eigenvalue weighted by Crippen LogP contribution is 2.15. The molecule has 1 unspecified atom stereocenters. The highest BCUT2D eigenvalue weighted by atomic mass is 127. The Hall–Kier alpha value is -0.980. The minimum atomic E-state index is -3.22. The Morgan fingerprint density at radius 1 is 1.32 bits per heavy atom. The van der Waals surface area contributed by atoms with Crippen LogP contribution >= 0.6 is 24.0 Å². The third-order valence-corrected chi connectivity index (χ3v) is 5.52. The maximum Gasteiger partial charge on any atom is 0.191 e. The van der Waals surface area contributed by atoms with E-state index in [4.69, 9.17) is 4.74 Å². The van der Waals surface area contributed by atoms with Crippen molar-refractivity contribution in [3.63, 3.8) is 0 Å². The number of guanidine groups is 1. The van der Waals surface area contributed by atoms with Crippen molar-refractivity contribution >= 4 is 39.8 Å². The predicted octanol–water partition coefficient (Wildman–Crippen LogP) is 2.40. The first kappa shape index (κ1) is 28.1. The van der Waals surface area contributed by atoms with Crippen LogP contribution in [-0.2, 0) is 26.9 Å². The van der Waals surface area contributed by atoms with Crippen molar-refractivity contribution < 1.29 is 17.5 Å². The van der Waals surface area contributed by atoms with Crippen molar-refractivity contribution in [3.8, 4) is 0 Å². The van der Waals surface area contributed by atoms with Gasteiger partial charge in [-0.1, -0.05) is 19.9 Å². The van der Waals surface area contributed by atoms with Gasteiger partial charge >= 0.3 is 0 Å². The number of morpholine rings is 1. The molecule has 0 aromatic heterocycles. The predicted molar refractivity (Wildman–Crippen MR) is 134 cm³/mol. The van der Waals surface area contributed by atoms with Gasteiger partial charge in [-0.15, -0.1) is 24.0 Å². The summed E-state index contributed by atoms with van der Waals surface area (Å²) in [4.78, 5) is 6.94. The Kier molecular flexibility index (Phi) is 12.3. The first-order valence-electron chi connectivity index (χ1n) is 10.5. The average Bonchev–Trinajstić information content (AvgIpc) is 2.64. The van der Waals surface area contributed by atoms with Gasteiger partial charge in [-0.2, -0.15) is 0 Å².